The highest BCUT2D eigenvalue weighted by Gasteiger charge is 2.30. The highest BCUT2D eigenvalue weighted by Crippen LogP contribution is 2.21. The zero-order chi connectivity index (χ0) is 23.2. The molecule has 8 heteroatoms. The van der Waals surface area contributed by atoms with Crippen molar-refractivity contribution in [1.82, 2.24) is 14.5 Å². The van der Waals surface area contributed by atoms with Crippen LogP contribution in [0.1, 0.15) is 59.4 Å². The Bertz CT molecular complexity index is 848. The Morgan fingerprint density at radius 1 is 1.06 bits per heavy atom. The number of aryl methyl sites for hydroxylation is 1. The number of amides is 2. The molecule has 0 atom stereocenters. The number of nitrogens with one attached hydrogen (secondary N) is 1. The summed E-state index contributed by atoms with van der Waals surface area (Å²) < 4.78 is 26.5. The van der Waals surface area contributed by atoms with Crippen LogP contribution in [-0.2, 0) is 26.0 Å². The quantitative estimate of drug-likeness (QED) is 0.658. The monoisotopic (exact) mass is 451 g/mol. The average molecular weight is 452 g/mol. The molecule has 1 aromatic rings. The predicted molar refractivity (Wildman–Crippen MR) is 122 cm³/mol. The van der Waals surface area contributed by atoms with Gasteiger partial charge in [-0.15, -0.1) is 0 Å². The van der Waals surface area contributed by atoms with Gasteiger partial charge in [0.1, 0.15) is 0 Å². The van der Waals surface area contributed by atoms with Gasteiger partial charge >= 0.3 is 0 Å². The van der Waals surface area contributed by atoms with Crippen molar-refractivity contribution in [3.05, 3.63) is 29.8 Å². The van der Waals surface area contributed by atoms with Crippen molar-refractivity contribution in [1.29, 1.82) is 0 Å². The van der Waals surface area contributed by atoms with Gasteiger partial charge in [0.25, 0.3) is 0 Å². The molecule has 1 aliphatic heterocycles. The molecule has 0 radical (unpaired) electrons. The van der Waals surface area contributed by atoms with Crippen LogP contribution in [0.3, 0.4) is 0 Å². The molecule has 7 nitrogen and oxygen atoms in total. The fourth-order valence-corrected chi connectivity index (χ4v) is 5.26. The number of carbonyl (C=O) groups excluding carboxylic acids is 2. The number of nitrogens with zero attached hydrogens (tertiary/aromatic N) is 2. The Hall–Kier alpha value is -1.93. The fourth-order valence-electron chi connectivity index (χ4n) is 3.80. The van der Waals surface area contributed by atoms with E-state index in [0.29, 0.717) is 39.0 Å². The van der Waals surface area contributed by atoms with E-state index in [1.807, 2.05) is 39.5 Å². The fraction of sp³-hybridized carbons (Fsp3) is 0.652. The molecule has 1 saturated heterocycles. The van der Waals surface area contributed by atoms with Crippen molar-refractivity contribution in [2.75, 3.05) is 26.2 Å². The van der Waals surface area contributed by atoms with Gasteiger partial charge in [0.05, 0.1) is 4.90 Å². The van der Waals surface area contributed by atoms with Crippen LogP contribution in [0.4, 0.5) is 0 Å². The highest BCUT2D eigenvalue weighted by atomic mass is 32.2. The first-order valence-corrected chi connectivity index (χ1v) is 12.6. The van der Waals surface area contributed by atoms with Crippen LogP contribution in [0.2, 0.25) is 0 Å². The first-order chi connectivity index (χ1) is 14.5. The van der Waals surface area contributed by atoms with E-state index in [-0.39, 0.29) is 28.2 Å². The Morgan fingerprint density at radius 2 is 1.61 bits per heavy atom. The number of likely N-dealkylation sites (tertiary alicyclic amines) is 1. The van der Waals surface area contributed by atoms with Crippen LogP contribution in [0.25, 0.3) is 0 Å². The molecule has 1 N–H and O–H groups in total. The molecule has 1 aliphatic rings. The normalized spacial score (nSPS) is 15.9. The van der Waals surface area contributed by atoms with Crippen LogP contribution in [0.5, 0.6) is 0 Å². The minimum absolute atomic E-state index is 0.0135. The average Bonchev–Trinajstić information content (AvgIpc) is 2.72. The van der Waals surface area contributed by atoms with Gasteiger partial charge in [-0.1, -0.05) is 46.8 Å². The zero-order valence-electron chi connectivity index (χ0n) is 19.5. The molecule has 0 unspecified atom stereocenters. The van der Waals surface area contributed by atoms with Crippen molar-refractivity contribution in [2.45, 2.75) is 71.2 Å². The summed E-state index contributed by atoms with van der Waals surface area (Å²) in [5, 5.41) is 3.07. The van der Waals surface area contributed by atoms with Gasteiger partial charge < -0.3 is 10.2 Å². The van der Waals surface area contributed by atoms with Crippen molar-refractivity contribution >= 4 is 21.8 Å². The first-order valence-electron chi connectivity index (χ1n) is 11.2. The Balaban J connectivity index is 1.81. The summed E-state index contributed by atoms with van der Waals surface area (Å²) in [4.78, 5) is 26.9. The minimum atomic E-state index is -3.46. The number of sulfonamides is 1. The van der Waals surface area contributed by atoms with E-state index in [4.69, 9.17) is 0 Å². The van der Waals surface area contributed by atoms with Gasteiger partial charge in [-0.25, -0.2) is 8.42 Å². The minimum Gasteiger partial charge on any atom is -0.353 e. The summed E-state index contributed by atoms with van der Waals surface area (Å²) >= 11 is 0. The van der Waals surface area contributed by atoms with Crippen LogP contribution >= 0.6 is 0 Å². The summed E-state index contributed by atoms with van der Waals surface area (Å²) in [6, 6.07) is 6.88. The van der Waals surface area contributed by atoms with E-state index in [0.717, 1.165) is 18.4 Å². The molecule has 31 heavy (non-hydrogen) atoms. The predicted octanol–water partition coefficient (Wildman–Crippen LogP) is 2.80. The molecule has 0 bridgehead atoms. The molecule has 2 amide bonds. The second-order valence-corrected chi connectivity index (χ2v) is 11.1. The third-order valence-electron chi connectivity index (χ3n) is 5.70. The third-order valence-corrected chi connectivity index (χ3v) is 7.76. The van der Waals surface area contributed by atoms with Crippen LogP contribution < -0.4 is 5.32 Å². The van der Waals surface area contributed by atoms with E-state index < -0.39 is 10.0 Å². The van der Waals surface area contributed by atoms with Gasteiger partial charge in [0.2, 0.25) is 21.8 Å². The van der Waals surface area contributed by atoms with Gasteiger partial charge in [0.15, 0.2) is 0 Å². The van der Waals surface area contributed by atoms with Crippen molar-refractivity contribution in [3.8, 4) is 0 Å². The molecule has 0 spiro atoms. The van der Waals surface area contributed by atoms with Crippen molar-refractivity contribution < 1.29 is 18.0 Å². The van der Waals surface area contributed by atoms with Gasteiger partial charge in [-0.2, -0.15) is 4.31 Å². The lowest BCUT2D eigenvalue weighted by Crippen LogP contribution is -2.49. The summed E-state index contributed by atoms with van der Waals surface area (Å²) in [7, 11) is -3.46. The molecular formula is C23H37N3O4S. The maximum atomic E-state index is 12.6. The summed E-state index contributed by atoms with van der Waals surface area (Å²) in [5.41, 5.74) is 0.551. The van der Waals surface area contributed by atoms with Crippen molar-refractivity contribution in [2.24, 2.45) is 5.41 Å². The SMILES string of the molecule is CCN(CC)S(=O)(=O)c1ccc(CCC(=O)NC2CCN(C(=O)C(C)(C)C)CC2)cc1. The molecule has 1 heterocycles. The zero-order valence-corrected chi connectivity index (χ0v) is 20.3. The van der Waals surface area contributed by atoms with E-state index in [1.165, 1.54) is 4.31 Å². The molecule has 174 valence electrons. The number of rotatable bonds is 8. The standard InChI is InChI=1S/C23H37N3O4S/c1-6-26(7-2)31(29,30)20-11-8-18(9-12-20)10-13-21(27)24-19-14-16-25(17-15-19)22(28)23(3,4)5/h8-9,11-12,19H,6-7,10,13-17H2,1-5H3,(H,24,27). The second-order valence-electron chi connectivity index (χ2n) is 9.12. The molecular weight excluding hydrogens is 414 g/mol. The van der Waals surface area contributed by atoms with E-state index >= 15 is 0 Å². The number of hydrogen-bond donors (Lipinski definition) is 1. The largest absolute Gasteiger partial charge is 0.353 e. The summed E-state index contributed by atoms with van der Waals surface area (Å²) in [5.74, 6) is 0.143. The lowest BCUT2D eigenvalue weighted by Gasteiger charge is -2.36. The van der Waals surface area contributed by atoms with Crippen LogP contribution in [-0.4, -0.2) is 61.7 Å². The topological polar surface area (TPSA) is 86.8 Å². The maximum absolute atomic E-state index is 12.6. The molecule has 0 aromatic heterocycles. The highest BCUT2D eigenvalue weighted by molar-refractivity contribution is 7.89. The number of piperidine rings is 1. The Kier molecular flexibility index (Phi) is 8.65. The molecule has 1 fully saturated rings. The maximum Gasteiger partial charge on any atom is 0.243 e. The van der Waals surface area contributed by atoms with Gasteiger partial charge in [-0.3, -0.25) is 9.59 Å². The lowest BCUT2D eigenvalue weighted by atomic mass is 9.93. The molecule has 2 rings (SSSR count). The van der Waals surface area contributed by atoms with Crippen LogP contribution in [0.15, 0.2) is 29.2 Å². The number of carbonyl (C=O) groups is 2. The summed E-state index contributed by atoms with van der Waals surface area (Å²) in [6.45, 7) is 11.6. The van der Waals surface area contributed by atoms with Gasteiger partial charge in [-0.05, 0) is 37.0 Å². The Labute approximate surface area is 187 Å². The first kappa shape index (κ1) is 25.3. The van der Waals surface area contributed by atoms with E-state index in [2.05, 4.69) is 5.32 Å². The molecule has 0 aliphatic carbocycles. The lowest BCUT2D eigenvalue weighted by molar-refractivity contribution is -0.140. The van der Waals surface area contributed by atoms with E-state index in [1.54, 1.807) is 24.3 Å². The smallest absolute Gasteiger partial charge is 0.243 e. The van der Waals surface area contributed by atoms with E-state index in [9.17, 15) is 18.0 Å². The summed E-state index contributed by atoms with van der Waals surface area (Å²) in [6.07, 6.45) is 2.44. The van der Waals surface area contributed by atoms with Gasteiger partial charge in [0, 0.05) is 44.1 Å². The molecule has 1 aromatic carbocycles. The van der Waals surface area contributed by atoms with Crippen molar-refractivity contribution in [3.63, 3.8) is 0 Å². The second kappa shape index (κ2) is 10.6. The third kappa shape index (κ3) is 6.77. The number of hydrogen-bond acceptors (Lipinski definition) is 4. The van der Waals surface area contributed by atoms with Crippen LogP contribution in [0, 0.1) is 5.41 Å². The Morgan fingerprint density at radius 3 is 2.10 bits per heavy atom. The number of benzene rings is 1. The molecule has 0 saturated carbocycles.